The van der Waals surface area contributed by atoms with E-state index in [1.807, 2.05) is 34.5 Å². The molecule has 1 unspecified atom stereocenters. The molecule has 5 rings (SSSR count). The number of hydrogen-bond acceptors (Lipinski definition) is 5. The highest BCUT2D eigenvalue weighted by atomic mass is 32.1. The van der Waals surface area contributed by atoms with Gasteiger partial charge in [-0.3, -0.25) is 9.69 Å². The molecule has 2 aliphatic heterocycles. The monoisotopic (exact) mass is 507 g/mol. The van der Waals surface area contributed by atoms with Crippen molar-refractivity contribution in [2.24, 2.45) is 5.92 Å². The standard InChI is InChI=1S/C29H34FN3O2S/c30-27-8-1-2-9-28(27)32-14-12-31(13-15-32)19-23-5-3-7-26(17-23)35-21-25-6-4-11-33(20-25)29(34)18-24-10-16-36-22-24/h1-3,5,7-10,16-17,22,25H,4,6,11-15,18-21H2. The summed E-state index contributed by atoms with van der Waals surface area (Å²) in [7, 11) is 0. The van der Waals surface area contributed by atoms with E-state index >= 15 is 0 Å². The van der Waals surface area contributed by atoms with E-state index in [2.05, 4.69) is 33.4 Å². The quantitative estimate of drug-likeness (QED) is 0.427. The van der Waals surface area contributed by atoms with Gasteiger partial charge in [0.2, 0.25) is 5.91 Å². The van der Waals surface area contributed by atoms with Crippen LogP contribution in [0.4, 0.5) is 10.1 Å². The zero-order valence-corrected chi connectivity index (χ0v) is 21.5. The topological polar surface area (TPSA) is 36.0 Å². The summed E-state index contributed by atoms with van der Waals surface area (Å²) in [6.07, 6.45) is 2.62. The van der Waals surface area contributed by atoms with E-state index in [1.54, 1.807) is 17.4 Å². The fourth-order valence-corrected chi connectivity index (χ4v) is 5.84. The summed E-state index contributed by atoms with van der Waals surface area (Å²) in [6, 6.07) is 17.4. The van der Waals surface area contributed by atoms with Crippen molar-refractivity contribution in [2.45, 2.75) is 25.8 Å². The van der Waals surface area contributed by atoms with Crippen LogP contribution in [0.3, 0.4) is 0 Å². The number of hydrogen-bond donors (Lipinski definition) is 0. The minimum atomic E-state index is -0.149. The zero-order chi connectivity index (χ0) is 24.7. The molecule has 0 N–H and O–H groups in total. The van der Waals surface area contributed by atoms with Gasteiger partial charge < -0.3 is 14.5 Å². The molecule has 2 aromatic carbocycles. The molecule has 0 saturated carbocycles. The summed E-state index contributed by atoms with van der Waals surface area (Å²) in [5.74, 6) is 1.32. The van der Waals surface area contributed by atoms with Crippen LogP contribution in [0.1, 0.15) is 24.0 Å². The number of para-hydroxylation sites is 1. The Morgan fingerprint density at radius 3 is 2.67 bits per heavy atom. The molecule has 1 aromatic heterocycles. The van der Waals surface area contributed by atoms with Crippen LogP contribution in [-0.2, 0) is 17.8 Å². The van der Waals surface area contributed by atoms with Crippen molar-refractivity contribution < 1.29 is 13.9 Å². The number of nitrogens with zero attached hydrogens (tertiary/aromatic N) is 3. The van der Waals surface area contributed by atoms with Crippen molar-refractivity contribution >= 4 is 22.9 Å². The molecule has 0 radical (unpaired) electrons. The van der Waals surface area contributed by atoms with Crippen LogP contribution in [0.25, 0.3) is 0 Å². The van der Waals surface area contributed by atoms with Gasteiger partial charge >= 0.3 is 0 Å². The van der Waals surface area contributed by atoms with Crippen molar-refractivity contribution in [3.63, 3.8) is 0 Å². The SMILES string of the molecule is O=C(Cc1ccsc1)N1CCCC(COc2cccc(CN3CCN(c4ccccc4F)CC3)c2)C1. The van der Waals surface area contributed by atoms with Crippen LogP contribution in [0, 0.1) is 11.7 Å². The summed E-state index contributed by atoms with van der Waals surface area (Å²) in [6.45, 7) is 6.55. The summed E-state index contributed by atoms with van der Waals surface area (Å²) in [4.78, 5) is 19.2. The zero-order valence-electron chi connectivity index (χ0n) is 20.7. The van der Waals surface area contributed by atoms with Crippen LogP contribution in [0.15, 0.2) is 65.4 Å². The number of halogens is 1. The molecule has 2 aliphatic rings. The Balaban J connectivity index is 1.08. The first-order valence-electron chi connectivity index (χ1n) is 12.9. The summed E-state index contributed by atoms with van der Waals surface area (Å²) in [5.41, 5.74) is 3.03. The molecule has 3 aromatic rings. The second-order valence-electron chi connectivity index (χ2n) is 9.83. The van der Waals surface area contributed by atoms with Crippen molar-refractivity contribution in [3.05, 3.63) is 82.3 Å². The second-order valence-corrected chi connectivity index (χ2v) is 10.6. The van der Waals surface area contributed by atoms with Crippen LogP contribution < -0.4 is 9.64 Å². The fourth-order valence-electron chi connectivity index (χ4n) is 5.17. The number of carbonyl (C=O) groups excluding carboxylic acids is 1. The number of ether oxygens (including phenoxy) is 1. The normalized spacial score (nSPS) is 18.9. The van der Waals surface area contributed by atoms with Crippen LogP contribution in [-0.4, -0.2) is 61.6 Å². The molecule has 0 spiro atoms. The van der Waals surface area contributed by atoms with Crippen LogP contribution >= 0.6 is 11.3 Å². The van der Waals surface area contributed by atoms with E-state index in [0.717, 1.165) is 70.0 Å². The van der Waals surface area contributed by atoms with E-state index in [4.69, 9.17) is 4.74 Å². The van der Waals surface area contributed by atoms with E-state index in [1.165, 1.54) is 11.6 Å². The van der Waals surface area contributed by atoms with E-state index < -0.39 is 0 Å². The van der Waals surface area contributed by atoms with Gasteiger partial charge in [0, 0.05) is 51.7 Å². The first kappa shape index (κ1) is 24.8. The van der Waals surface area contributed by atoms with Crippen molar-refractivity contribution in [1.29, 1.82) is 0 Å². The average molecular weight is 508 g/mol. The van der Waals surface area contributed by atoms with Crippen LogP contribution in [0.2, 0.25) is 0 Å². The van der Waals surface area contributed by atoms with E-state index in [-0.39, 0.29) is 11.7 Å². The number of anilines is 1. The van der Waals surface area contributed by atoms with Gasteiger partial charge in [-0.05, 0) is 65.1 Å². The van der Waals surface area contributed by atoms with Gasteiger partial charge in [0.15, 0.2) is 0 Å². The maximum absolute atomic E-state index is 14.1. The lowest BCUT2D eigenvalue weighted by atomic mass is 9.98. The highest BCUT2D eigenvalue weighted by Gasteiger charge is 2.24. The highest BCUT2D eigenvalue weighted by Crippen LogP contribution is 2.23. The molecular formula is C29H34FN3O2S. The third kappa shape index (κ3) is 6.45. The lowest BCUT2D eigenvalue weighted by Crippen LogP contribution is -2.46. The molecule has 0 aliphatic carbocycles. The van der Waals surface area contributed by atoms with Crippen molar-refractivity contribution in [2.75, 3.05) is 50.8 Å². The van der Waals surface area contributed by atoms with E-state index in [9.17, 15) is 9.18 Å². The van der Waals surface area contributed by atoms with Gasteiger partial charge in [-0.15, -0.1) is 0 Å². The number of amides is 1. The first-order chi connectivity index (χ1) is 17.6. The van der Waals surface area contributed by atoms with Gasteiger partial charge in [0.25, 0.3) is 0 Å². The molecule has 5 nitrogen and oxygen atoms in total. The molecule has 2 saturated heterocycles. The number of thiophene rings is 1. The molecule has 36 heavy (non-hydrogen) atoms. The Hall–Kier alpha value is -2.90. The second kappa shape index (κ2) is 11.9. The Morgan fingerprint density at radius 1 is 1.00 bits per heavy atom. The van der Waals surface area contributed by atoms with Gasteiger partial charge in [-0.1, -0.05) is 24.3 Å². The van der Waals surface area contributed by atoms with Crippen molar-refractivity contribution in [3.8, 4) is 5.75 Å². The third-order valence-corrected chi connectivity index (χ3v) is 7.89. The molecule has 1 amide bonds. The Morgan fingerprint density at radius 2 is 1.86 bits per heavy atom. The predicted molar refractivity (Wildman–Crippen MR) is 143 cm³/mol. The molecule has 190 valence electrons. The Labute approximate surface area is 217 Å². The molecular weight excluding hydrogens is 473 g/mol. The van der Waals surface area contributed by atoms with Gasteiger partial charge in [0.05, 0.1) is 18.7 Å². The molecule has 7 heteroatoms. The highest BCUT2D eigenvalue weighted by molar-refractivity contribution is 7.08. The fraction of sp³-hybridized carbons (Fsp3) is 0.414. The number of rotatable bonds is 8. The summed E-state index contributed by atoms with van der Waals surface area (Å²) < 4.78 is 20.3. The summed E-state index contributed by atoms with van der Waals surface area (Å²) in [5, 5.41) is 4.08. The number of carbonyl (C=O) groups is 1. The maximum atomic E-state index is 14.1. The third-order valence-electron chi connectivity index (χ3n) is 7.16. The predicted octanol–water partition coefficient (Wildman–Crippen LogP) is 5.07. The first-order valence-corrected chi connectivity index (χ1v) is 13.8. The maximum Gasteiger partial charge on any atom is 0.227 e. The van der Waals surface area contributed by atoms with E-state index in [0.29, 0.717) is 24.6 Å². The number of piperazine rings is 1. The lowest BCUT2D eigenvalue weighted by Gasteiger charge is -2.36. The number of benzene rings is 2. The van der Waals surface area contributed by atoms with Crippen LogP contribution in [0.5, 0.6) is 5.75 Å². The van der Waals surface area contributed by atoms with Gasteiger partial charge in [-0.2, -0.15) is 11.3 Å². The lowest BCUT2D eigenvalue weighted by molar-refractivity contribution is -0.132. The molecule has 2 fully saturated rings. The average Bonchev–Trinajstić information content (AvgIpc) is 3.42. The molecule has 3 heterocycles. The molecule has 0 bridgehead atoms. The van der Waals surface area contributed by atoms with Crippen molar-refractivity contribution in [1.82, 2.24) is 9.80 Å². The summed E-state index contributed by atoms with van der Waals surface area (Å²) >= 11 is 1.64. The minimum absolute atomic E-state index is 0.149. The largest absolute Gasteiger partial charge is 0.493 e. The van der Waals surface area contributed by atoms with Gasteiger partial charge in [0.1, 0.15) is 11.6 Å². The van der Waals surface area contributed by atoms with Gasteiger partial charge in [-0.25, -0.2) is 4.39 Å². The number of piperidine rings is 1. The Bertz CT molecular complexity index is 1130. The smallest absolute Gasteiger partial charge is 0.227 e. The minimum Gasteiger partial charge on any atom is -0.493 e. The Kier molecular flexibility index (Phi) is 8.18. The number of likely N-dealkylation sites (tertiary alicyclic amines) is 1. The molecule has 1 atom stereocenters.